The van der Waals surface area contributed by atoms with E-state index in [2.05, 4.69) is 5.32 Å². The summed E-state index contributed by atoms with van der Waals surface area (Å²) in [5.41, 5.74) is 1.12. The van der Waals surface area contributed by atoms with E-state index in [-0.39, 0.29) is 18.2 Å². The molecule has 2 amide bonds. The van der Waals surface area contributed by atoms with E-state index in [1.807, 2.05) is 0 Å². The third kappa shape index (κ3) is 3.39. The van der Waals surface area contributed by atoms with Crippen molar-refractivity contribution in [2.45, 2.75) is 12.5 Å². The number of hydrogen-bond acceptors (Lipinski definition) is 5. The number of carbonyl (C=O) groups is 2. The molecule has 0 saturated carbocycles. The zero-order chi connectivity index (χ0) is 18.0. The van der Waals surface area contributed by atoms with Crippen LogP contribution in [0.1, 0.15) is 6.42 Å². The molecule has 25 heavy (non-hydrogen) atoms. The molecule has 0 aromatic heterocycles. The molecule has 6 nitrogen and oxygen atoms in total. The second-order valence-corrected chi connectivity index (χ2v) is 5.95. The van der Waals surface area contributed by atoms with Gasteiger partial charge in [0.1, 0.15) is 17.5 Å². The second kappa shape index (κ2) is 7.03. The average Bonchev–Trinajstić information content (AvgIpc) is 2.90. The van der Waals surface area contributed by atoms with Crippen LogP contribution in [0.25, 0.3) is 0 Å². The number of rotatable bonds is 5. The Hall–Kier alpha value is -2.73. The minimum absolute atomic E-state index is 0.0661. The maximum absolute atomic E-state index is 12.7. The first-order valence-corrected chi connectivity index (χ1v) is 8.02. The minimum Gasteiger partial charge on any atom is -0.497 e. The van der Waals surface area contributed by atoms with Crippen molar-refractivity contribution in [2.24, 2.45) is 0 Å². The van der Waals surface area contributed by atoms with Crippen LogP contribution < -0.4 is 19.7 Å². The summed E-state index contributed by atoms with van der Waals surface area (Å²) in [6, 6.07) is 11.3. The number of methoxy groups -OCH3 is 2. The fourth-order valence-electron chi connectivity index (χ4n) is 2.71. The highest BCUT2D eigenvalue weighted by Gasteiger charge is 2.40. The lowest BCUT2D eigenvalue weighted by molar-refractivity contribution is -0.121. The third-order valence-electron chi connectivity index (χ3n) is 3.96. The summed E-state index contributed by atoms with van der Waals surface area (Å²) < 4.78 is 10.4. The lowest BCUT2D eigenvalue weighted by Gasteiger charge is -2.19. The Kier molecular flexibility index (Phi) is 4.81. The van der Waals surface area contributed by atoms with Crippen molar-refractivity contribution in [2.75, 3.05) is 24.4 Å². The predicted molar refractivity (Wildman–Crippen MR) is 95.5 cm³/mol. The van der Waals surface area contributed by atoms with E-state index in [0.717, 1.165) is 10.6 Å². The zero-order valence-electron chi connectivity index (χ0n) is 13.8. The number of ether oxygens (including phenoxy) is 2. The van der Waals surface area contributed by atoms with Crippen LogP contribution in [-0.4, -0.2) is 32.1 Å². The van der Waals surface area contributed by atoms with Crippen molar-refractivity contribution in [1.82, 2.24) is 0 Å². The van der Waals surface area contributed by atoms with Gasteiger partial charge in [0.05, 0.1) is 26.3 Å². The van der Waals surface area contributed by atoms with E-state index >= 15 is 0 Å². The molecule has 1 saturated heterocycles. The molecular weight excluding hydrogens is 344 g/mol. The summed E-state index contributed by atoms with van der Waals surface area (Å²) in [6.45, 7) is 0. The van der Waals surface area contributed by atoms with Crippen LogP contribution in [0.5, 0.6) is 11.5 Å². The van der Waals surface area contributed by atoms with Crippen LogP contribution in [0.2, 0.25) is 5.02 Å². The summed E-state index contributed by atoms with van der Waals surface area (Å²) in [5, 5.41) is 3.67. The van der Waals surface area contributed by atoms with E-state index < -0.39 is 6.04 Å². The Balaban J connectivity index is 1.85. The molecule has 1 aliphatic heterocycles. The van der Waals surface area contributed by atoms with Crippen molar-refractivity contribution in [3.05, 3.63) is 47.5 Å². The lowest BCUT2D eigenvalue weighted by Crippen LogP contribution is -2.35. The van der Waals surface area contributed by atoms with Gasteiger partial charge >= 0.3 is 0 Å². The van der Waals surface area contributed by atoms with Gasteiger partial charge in [-0.2, -0.15) is 0 Å². The molecule has 0 bridgehead atoms. The lowest BCUT2D eigenvalue weighted by atomic mass is 10.2. The highest BCUT2D eigenvalue weighted by molar-refractivity contribution is 6.30. The molecule has 1 heterocycles. The van der Waals surface area contributed by atoms with Crippen LogP contribution in [0.4, 0.5) is 11.4 Å². The monoisotopic (exact) mass is 360 g/mol. The molecule has 7 heteroatoms. The molecule has 0 aliphatic carbocycles. The van der Waals surface area contributed by atoms with Gasteiger partial charge in [0.2, 0.25) is 5.91 Å². The van der Waals surface area contributed by atoms with Crippen molar-refractivity contribution < 1.29 is 19.1 Å². The summed E-state index contributed by atoms with van der Waals surface area (Å²) in [6.07, 6.45) is 0.0661. The van der Waals surface area contributed by atoms with Crippen LogP contribution in [0.3, 0.4) is 0 Å². The Morgan fingerprint density at radius 2 is 1.80 bits per heavy atom. The summed E-state index contributed by atoms with van der Waals surface area (Å²) >= 11 is 5.86. The smallest absolute Gasteiger partial charge is 0.256 e. The summed E-state index contributed by atoms with van der Waals surface area (Å²) in [7, 11) is 3.01. The molecule has 1 aliphatic rings. The standard InChI is InChI=1S/C18H17ClN2O4/c1-24-13-7-8-15(16(9-13)25-2)21-17(22)10-14(18(21)23)20-12-5-3-11(19)4-6-12/h3-9,14,20H,10H2,1-2H3. The maximum Gasteiger partial charge on any atom is 0.256 e. The molecule has 3 rings (SSSR count). The summed E-state index contributed by atoms with van der Waals surface area (Å²) in [4.78, 5) is 26.3. The first-order valence-electron chi connectivity index (χ1n) is 7.64. The van der Waals surface area contributed by atoms with Gasteiger partial charge in [-0.1, -0.05) is 11.6 Å². The molecule has 1 atom stereocenters. The third-order valence-corrected chi connectivity index (χ3v) is 4.21. The van der Waals surface area contributed by atoms with E-state index in [4.69, 9.17) is 21.1 Å². The zero-order valence-corrected chi connectivity index (χ0v) is 14.5. The fourth-order valence-corrected chi connectivity index (χ4v) is 2.84. The number of halogens is 1. The van der Waals surface area contributed by atoms with Gasteiger partial charge in [-0.15, -0.1) is 0 Å². The summed E-state index contributed by atoms with van der Waals surface area (Å²) in [5.74, 6) is 0.354. The van der Waals surface area contributed by atoms with E-state index in [9.17, 15) is 9.59 Å². The highest BCUT2D eigenvalue weighted by atomic mass is 35.5. The molecule has 130 valence electrons. The van der Waals surface area contributed by atoms with Crippen LogP contribution >= 0.6 is 11.6 Å². The van der Waals surface area contributed by atoms with Gasteiger partial charge in [0, 0.05) is 16.8 Å². The average molecular weight is 361 g/mol. The molecule has 1 N–H and O–H groups in total. The predicted octanol–water partition coefficient (Wildman–Crippen LogP) is 3.10. The number of anilines is 2. The van der Waals surface area contributed by atoms with Gasteiger partial charge in [-0.3, -0.25) is 9.59 Å². The van der Waals surface area contributed by atoms with Crippen molar-refractivity contribution >= 4 is 34.8 Å². The van der Waals surface area contributed by atoms with Gasteiger partial charge in [0.15, 0.2) is 0 Å². The molecule has 1 fully saturated rings. The first-order chi connectivity index (χ1) is 12.0. The Morgan fingerprint density at radius 3 is 2.44 bits per heavy atom. The molecular formula is C18H17ClN2O4. The first kappa shape index (κ1) is 17.1. The van der Waals surface area contributed by atoms with Gasteiger partial charge in [-0.05, 0) is 36.4 Å². The van der Waals surface area contributed by atoms with Crippen LogP contribution in [0, 0.1) is 0 Å². The second-order valence-electron chi connectivity index (χ2n) is 5.51. The minimum atomic E-state index is -0.638. The number of amides is 2. The van der Waals surface area contributed by atoms with E-state index in [1.54, 1.807) is 42.5 Å². The Bertz CT molecular complexity index is 807. The molecule has 0 spiro atoms. The number of hydrogen-bond donors (Lipinski definition) is 1. The Labute approximate surface area is 150 Å². The number of carbonyl (C=O) groups excluding carboxylic acids is 2. The van der Waals surface area contributed by atoms with E-state index in [1.165, 1.54) is 14.2 Å². The number of nitrogens with one attached hydrogen (secondary N) is 1. The molecule has 2 aromatic carbocycles. The molecule has 2 aromatic rings. The van der Waals surface area contributed by atoms with Crippen LogP contribution in [-0.2, 0) is 9.59 Å². The maximum atomic E-state index is 12.7. The highest BCUT2D eigenvalue weighted by Crippen LogP contribution is 2.35. The quantitative estimate of drug-likeness (QED) is 0.830. The SMILES string of the molecule is COc1ccc(N2C(=O)CC(Nc3ccc(Cl)cc3)C2=O)c(OC)c1. The molecule has 1 unspecified atom stereocenters. The number of imide groups is 1. The largest absolute Gasteiger partial charge is 0.497 e. The van der Waals surface area contributed by atoms with Crippen molar-refractivity contribution in [3.8, 4) is 11.5 Å². The van der Waals surface area contributed by atoms with Gasteiger partial charge in [0.25, 0.3) is 5.91 Å². The van der Waals surface area contributed by atoms with Crippen molar-refractivity contribution in [3.63, 3.8) is 0 Å². The van der Waals surface area contributed by atoms with Crippen molar-refractivity contribution in [1.29, 1.82) is 0 Å². The molecule has 0 radical (unpaired) electrons. The Morgan fingerprint density at radius 1 is 1.08 bits per heavy atom. The topological polar surface area (TPSA) is 67.9 Å². The number of benzene rings is 2. The van der Waals surface area contributed by atoms with Crippen LogP contribution in [0.15, 0.2) is 42.5 Å². The number of nitrogens with zero attached hydrogens (tertiary/aromatic N) is 1. The fraction of sp³-hybridized carbons (Fsp3) is 0.222. The van der Waals surface area contributed by atoms with Gasteiger partial charge in [-0.25, -0.2) is 4.90 Å². The van der Waals surface area contributed by atoms with Gasteiger partial charge < -0.3 is 14.8 Å². The normalized spacial score (nSPS) is 16.9. The van der Waals surface area contributed by atoms with E-state index in [0.29, 0.717) is 22.2 Å².